The Hall–Kier alpha value is 3.15. The molecule has 1 aliphatic rings. The largest absolute Gasteiger partial charge is 0.165 e. The summed E-state index contributed by atoms with van der Waals surface area (Å²) in [5, 5.41) is 0. The second kappa shape index (κ2) is 12.5. The maximum Gasteiger partial charge on any atom is 0.101 e. The van der Waals surface area contributed by atoms with Crippen molar-refractivity contribution in [3.8, 4) is 0 Å². The lowest BCUT2D eigenvalue weighted by Gasteiger charge is -2.35. The van der Waals surface area contributed by atoms with Gasteiger partial charge in [0.25, 0.3) is 0 Å². The molecule has 21 heavy (non-hydrogen) atoms. The number of hydrogen-bond donors (Lipinski definition) is 3. The minimum absolute atomic E-state index is 0.436. The van der Waals surface area contributed by atoms with Crippen LogP contribution < -0.4 is 0 Å². The Morgan fingerprint density at radius 1 is 0.667 bits per heavy atom. The van der Waals surface area contributed by atoms with Gasteiger partial charge < -0.3 is 0 Å². The zero-order valence-corrected chi connectivity index (χ0v) is 20.0. The number of rotatable bonds is 9. The minimum atomic E-state index is 0.436. The number of thiol groups is 3. The van der Waals surface area contributed by atoms with Gasteiger partial charge in [0.1, 0.15) is 11.7 Å². The highest BCUT2D eigenvalue weighted by Gasteiger charge is 2.34. The van der Waals surface area contributed by atoms with Crippen molar-refractivity contribution >= 4 is 108 Å². The molecule has 0 saturated carbocycles. The molecule has 0 nitrogen and oxygen atoms in total. The van der Waals surface area contributed by atoms with Crippen LogP contribution in [0.5, 0.6) is 0 Å². The zero-order valence-electron chi connectivity index (χ0n) is 12.4. The molecule has 1 aliphatic heterocycles. The second-order valence-electron chi connectivity index (χ2n) is 4.27. The number of hydrogen-bond acceptors (Lipinski definition) is 9. The average molecular weight is 457 g/mol. The van der Waals surface area contributed by atoms with Crippen LogP contribution in [0.3, 0.4) is 0 Å². The van der Waals surface area contributed by atoms with E-state index in [9.17, 15) is 0 Å². The van der Waals surface area contributed by atoms with Crippen molar-refractivity contribution in [2.75, 3.05) is 0 Å². The molecular weight excluding hydrogens is 433 g/mol. The van der Waals surface area contributed by atoms with Crippen LogP contribution in [0.2, 0.25) is 0 Å². The first-order valence-electron chi connectivity index (χ1n) is 6.95. The van der Waals surface area contributed by atoms with Gasteiger partial charge in [0.05, 0.1) is 0 Å². The molecule has 0 bridgehead atoms. The predicted molar refractivity (Wildman–Crippen MR) is 126 cm³/mol. The van der Waals surface area contributed by atoms with Crippen molar-refractivity contribution in [2.45, 2.75) is 65.5 Å². The summed E-state index contributed by atoms with van der Waals surface area (Å²) in [5.41, 5.74) is 0. The maximum atomic E-state index is 4.66. The van der Waals surface area contributed by atoms with Gasteiger partial charge in [-0.05, 0) is 19.3 Å². The monoisotopic (exact) mass is 456 g/mol. The summed E-state index contributed by atoms with van der Waals surface area (Å²) in [6.45, 7) is 6.62. The van der Waals surface area contributed by atoms with Gasteiger partial charge in [0.2, 0.25) is 0 Å². The summed E-state index contributed by atoms with van der Waals surface area (Å²) in [4.78, 5) is 0. The van der Waals surface area contributed by atoms with E-state index in [1.54, 1.807) is 0 Å². The van der Waals surface area contributed by atoms with Gasteiger partial charge in [0.15, 0.2) is 0 Å². The van der Waals surface area contributed by atoms with E-state index in [0.29, 0.717) is 25.5 Å². The average Bonchev–Trinajstić information content (AvgIpc) is 2.46. The van der Waals surface area contributed by atoms with Crippen molar-refractivity contribution in [3.05, 3.63) is 0 Å². The Labute approximate surface area is 172 Å². The van der Waals surface area contributed by atoms with Crippen molar-refractivity contribution < 1.29 is 0 Å². The normalized spacial score (nSPS) is 30.9. The third kappa shape index (κ3) is 9.42. The molecule has 0 amide bonds. The van der Waals surface area contributed by atoms with Gasteiger partial charge in [-0.25, -0.2) is 0 Å². The molecule has 3 atom stereocenters. The molecule has 0 N–H and O–H groups in total. The van der Waals surface area contributed by atoms with Gasteiger partial charge in [-0.2, -0.15) is 37.9 Å². The van der Waals surface area contributed by atoms with Crippen LogP contribution in [0.1, 0.15) is 40.0 Å². The lowest BCUT2D eigenvalue weighted by atomic mass is 10.6. The molecule has 1 heterocycles. The minimum Gasteiger partial charge on any atom is -0.165 e. The molecule has 1 saturated heterocycles. The number of thioether (sulfide) groups is 6. The van der Waals surface area contributed by atoms with E-state index >= 15 is 0 Å². The lowest BCUT2D eigenvalue weighted by Crippen LogP contribution is -2.16. The Bertz CT molecular complexity index is 229. The van der Waals surface area contributed by atoms with Crippen molar-refractivity contribution in [1.29, 1.82) is 0 Å². The molecule has 0 aromatic carbocycles. The summed E-state index contributed by atoms with van der Waals surface area (Å²) < 4.78 is 3.01. The van der Waals surface area contributed by atoms with Crippen LogP contribution in [0.15, 0.2) is 0 Å². The first-order chi connectivity index (χ1) is 9.98. The quantitative estimate of drug-likeness (QED) is 0.245. The van der Waals surface area contributed by atoms with E-state index < -0.39 is 0 Å². The van der Waals surface area contributed by atoms with Crippen LogP contribution in [-0.4, -0.2) is 25.5 Å². The molecule has 0 aliphatic carbocycles. The van der Waals surface area contributed by atoms with Gasteiger partial charge in [0, 0.05) is 13.7 Å². The first kappa shape index (κ1) is 22.2. The maximum absolute atomic E-state index is 4.66. The second-order valence-corrected chi connectivity index (χ2v) is 17.5. The highest BCUT2D eigenvalue weighted by molar-refractivity contribution is 8.52. The fraction of sp³-hybridized carbons (Fsp3) is 1.00. The van der Waals surface area contributed by atoms with E-state index in [1.165, 1.54) is 0 Å². The fourth-order valence-electron chi connectivity index (χ4n) is 1.23. The van der Waals surface area contributed by atoms with Gasteiger partial charge in [-0.15, -0.1) is 70.6 Å². The van der Waals surface area contributed by atoms with Gasteiger partial charge in [-0.1, -0.05) is 20.8 Å². The van der Waals surface area contributed by atoms with Crippen molar-refractivity contribution in [2.24, 2.45) is 0 Å². The third-order valence-electron chi connectivity index (χ3n) is 2.52. The molecule has 3 unspecified atom stereocenters. The topological polar surface area (TPSA) is 0 Å². The van der Waals surface area contributed by atoms with Crippen molar-refractivity contribution in [3.63, 3.8) is 0 Å². The molecule has 0 spiro atoms. The Morgan fingerprint density at radius 3 is 1.10 bits per heavy atom. The van der Waals surface area contributed by atoms with Gasteiger partial charge in [-0.3, -0.25) is 0 Å². The molecule has 0 aromatic heterocycles. The lowest BCUT2D eigenvalue weighted by molar-refractivity contribution is 1.06. The third-order valence-corrected chi connectivity index (χ3v) is 14.7. The van der Waals surface area contributed by atoms with Crippen LogP contribution in [0.4, 0.5) is 0 Å². The first-order valence-corrected chi connectivity index (χ1v) is 14.2. The molecular formula is C12H24S9. The predicted octanol–water partition coefficient (Wildman–Crippen LogP) is 7.25. The summed E-state index contributed by atoms with van der Waals surface area (Å²) in [5.74, 6) is 0. The molecule has 0 radical (unpaired) electrons. The summed E-state index contributed by atoms with van der Waals surface area (Å²) >= 11 is 26.2. The van der Waals surface area contributed by atoms with Crippen LogP contribution in [0.25, 0.3) is 0 Å². The highest BCUT2D eigenvalue weighted by Crippen LogP contribution is 2.60. The van der Waals surface area contributed by atoms with E-state index in [-0.39, 0.29) is 0 Å². The SMILES string of the molecule is CCC(S)SC1SC(SC(S)CC)SC(SC(S)CC)S1. The highest BCUT2D eigenvalue weighted by atomic mass is 32.3. The Morgan fingerprint density at radius 2 is 0.905 bits per heavy atom. The summed E-state index contributed by atoms with van der Waals surface area (Å²) in [6, 6.07) is 0. The van der Waals surface area contributed by atoms with Crippen LogP contribution >= 0.6 is 108 Å². The molecule has 1 rings (SSSR count). The molecule has 9 heteroatoms. The fourth-order valence-corrected chi connectivity index (χ4v) is 17.0. The van der Waals surface area contributed by atoms with E-state index in [2.05, 4.69) is 93.9 Å². The van der Waals surface area contributed by atoms with Gasteiger partial charge >= 0.3 is 0 Å². The Kier molecular flexibility index (Phi) is 13.2. The van der Waals surface area contributed by atoms with Crippen LogP contribution in [0, 0.1) is 0 Å². The van der Waals surface area contributed by atoms with Crippen molar-refractivity contribution in [1.82, 2.24) is 0 Å². The smallest absolute Gasteiger partial charge is 0.101 e. The molecule has 126 valence electrons. The molecule has 1 fully saturated rings. The summed E-state index contributed by atoms with van der Waals surface area (Å²) in [6.07, 6.45) is 3.34. The van der Waals surface area contributed by atoms with E-state index in [1.807, 2.05) is 35.3 Å². The standard InChI is InChI=1S/C12H24S9/c1-4-7(13)16-10-19-11(17-8(14)5-2)21-12(20-10)18-9(15)6-3/h7-15H,4-6H2,1-3H3. The van der Waals surface area contributed by atoms with E-state index in [0.717, 1.165) is 19.3 Å². The molecule has 0 aromatic rings. The zero-order chi connectivity index (χ0) is 15.8. The van der Waals surface area contributed by atoms with E-state index in [4.69, 9.17) is 0 Å². The Balaban J connectivity index is 2.59. The summed E-state index contributed by atoms with van der Waals surface area (Å²) in [7, 11) is 0. The van der Waals surface area contributed by atoms with Crippen LogP contribution in [-0.2, 0) is 0 Å².